The summed E-state index contributed by atoms with van der Waals surface area (Å²) in [5, 5.41) is 28.9. The Hall–Kier alpha value is -1.74. The molecule has 2 amide bonds. The highest BCUT2D eigenvalue weighted by atomic mass is 32.1. The number of carbonyl (C=O) groups excluding carboxylic acids is 1. The number of urea groups is 1. The molecule has 0 saturated carbocycles. The summed E-state index contributed by atoms with van der Waals surface area (Å²) in [5.74, 6) is -1.40. The minimum absolute atomic E-state index is 0.289. The van der Waals surface area contributed by atoms with E-state index in [1.807, 2.05) is 0 Å². The van der Waals surface area contributed by atoms with Crippen molar-refractivity contribution in [3.05, 3.63) is 5.51 Å². The van der Waals surface area contributed by atoms with Gasteiger partial charge in [0, 0.05) is 0 Å². The highest BCUT2D eigenvalue weighted by Gasteiger charge is 2.14. The standard InChI is InChI=1S/C6H8N4O4S/c11-3(4(12)13)1-7-5(14)9-6-10-8-2-15-6/h2-3,11H,1H2,(H,12,13)(H2,7,9,10,14)/t3-/m0/s1. The molecule has 9 heteroatoms. The van der Waals surface area contributed by atoms with E-state index < -0.39 is 18.1 Å². The molecule has 0 saturated heterocycles. The summed E-state index contributed by atoms with van der Waals surface area (Å²) in [6.45, 7) is -0.375. The number of amides is 2. The quantitative estimate of drug-likeness (QED) is 0.533. The highest BCUT2D eigenvalue weighted by Crippen LogP contribution is 2.06. The van der Waals surface area contributed by atoms with E-state index >= 15 is 0 Å². The average Bonchev–Trinajstić information content (AvgIpc) is 2.66. The van der Waals surface area contributed by atoms with Crippen molar-refractivity contribution in [1.82, 2.24) is 15.5 Å². The predicted octanol–water partition coefficient (Wildman–Crippen LogP) is -0.895. The first-order chi connectivity index (χ1) is 7.09. The lowest BCUT2D eigenvalue weighted by atomic mass is 10.4. The van der Waals surface area contributed by atoms with E-state index in [1.54, 1.807) is 0 Å². The number of aliphatic carboxylic acids is 1. The van der Waals surface area contributed by atoms with Crippen LogP contribution in [0.4, 0.5) is 9.93 Å². The van der Waals surface area contributed by atoms with Gasteiger partial charge in [0.2, 0.25) is 5.13 Å². The largest absolute Gasteiger partial charge is 0.479 e. The third-order valence-electron chi connectivity index (χ3n) is 1.32. The second-order valence-electron chi connectivity index (χ2n) is 2.43. The first-order valence-corrected chi connectivity index (χ1v) is 4.69. The molecule has 0 fully saturated rings. The molecule has 1 aromatic rings. The van der Waals surface area contributed by atoms with Crippen LogP contribution >= 0.6 is 11.3 Å². The van der Waals surface area contributed by atoms with Crippen LogP contribution in [0.25, 0.3) is 0 Å². The number of carboxylic acids is 1. The summed E-state index contributed by atoms with van der Waals surface area (Å²) in [6, 6.07) is -0.646. The van der Waals surface area contributed by atoms with Crippen LogP contribution in [0.15, 0.2) is 5.51 Å². The molecule has 8 nitrogen and oxygen atoms in total. The normalized spacial score (nSPS) is 11.8. The number of carbonyl (C=O) groups is 2. The lowest BCUT2D eigenvalue weighted by molar-refractivity contribution is -0.146. The fourth-order valence-corrected chi connectivity index (χ4v) is 1.09. The Labute approximate surface area is 88.0 Å². The molecule has 82 valence electrons. The Kier molecular flexibility index (Phi) is 3.94. The van der Waals surface area contributed by atoms with Crippen LogP contribution in [0.1, 0.15) is 0 Å². The van der Waals surface area contributed by atoms with Crippen molar-refractivity contribution in [3.8, 4) is 0 Å². The van der Waals surface area contributed by atoms with Crippen molar-refractivity contribution in [3.63, 3.8) is 0 Å². The van der Waals surface area contributed by atoms with E-state index in [2.05, 4.69) is 20.8 Å². The smallest absolute Gasteiger partial charge is 0.334 e. The Morgan fingerprint density at radius 1 is 1.60 bits per heavy atom. The molecule has 1 rings (SSSR count). The Bertz CT molecular complexity index is 341. The van der Waals surface area contributed by atoms with Gasteiger partial charge in [-0.05, 0) is 0 Å². The molecular weight excluding hydrogens is 224 g/mol. The van der Waals surface area contributed by atoms with Crippen LogP contribution in [-0.4, -0.2) is 45.1 Å². The van der Waals surface area contributed by atoms with Gasteiger partial charge in [-0.2, -0.15) is 0 Å². The lowest BCUT2D eigenvalue weighted by Gasteiger charge is -2.07. The van der Waals surface area contributed by atoms with Gasteiger partial charge >= 0.3 is 12.0 Å². The number of aromatic nitrogens is 2. The minimum Gasteiger partial charge on any atom is -0.479 e. The molecule has 0 aromatic carbocycles. The second-order valence-corrected chi connectivity index (χ2v) is 3.27. The summed E-state index contributed by atoms with van der Waals surface area (Å²) >= 11 is 1.12. The maximum atomic E-state index is 11.1. The molecule has 1 aromatic heterocycles. The van der Waals surface area contributed by atoms with Crippen LogP contribution in [0, 0.1) is 0 Å². The van der Waals surface area contributed by atoms with Crippen molar-refractivity contribution in [2.75, 3.05) is 11.9 Å². The van der Waals surface area contributed by atoms with Crippen LogP contribution in [0.5, 0.6) is 0 Å². The molecule has 0 unspecified atom stereocenters. The van der Waals surface area contributed by atoms with Crippen molar-refractivity contribution in [2.45, 2.75) is 6.10 Å². The summed E-state index contributed by atoms with van der Waals surface area (Å²) in [7, 11) is 0. The molecule has 4 N–H and O–H groups in total. The number of hydrogen-bond donors (Lipinski definition) is 4. The monoisotopic (exact) mass is 232 g/mol. The highest BCUT2D eigenvalue weighted by molar-refractivity contribution is 7.13. The van der Waals surface area contributed by atoms with Gasteiger partial charge in [-0.3, -0.25) is 5.32 Å². The molecule has 0 radical (unpaired) electrons. The maximum Gasteiger partial charge on any atom is 0.334 e. The molecule has 1 atom stereocenters. The molecule has 0 bridgehead atoms. The van der Waals surface area contributed by atoms with E-state index in [0.717, 1.165) is 11.3 Å². The molecule has 15 heavy (non-hydrogen) atoms. The van der Waals surface area contributed by atoms with E-state index in [4.69, 9.17) is 10.2 Å². The summed E-state index contributed by atoms with van der Waals surface area (Å²) in [4.78, 5) is 21.2. The van der Waals surface area contributed by atoms with Gasteiger partial charge in [-0.25, -0.2) is 9.59 Å². The lowest BCUT2D eigenvalue weighted by Crippen LogP contribution is -2.38. The van der Waals surface area contributed by atoms with E-state index in [9.17, 15) is 9.59 Å². The molecule has 0 aliphatic carbocycles. The van der Waals surface area contributed by atoms with Gasteiger partial charge in [0.15, 0.2) is 6.10 Å². The van der Waals surface area contributed by atoms with Crippen LogP contribution in [0.2, 0.25) is 0 Å². The van der Waals surface area contributed by atoms with Gasteiger partial charge in [0.1, 0.15) is 5.51 Å². The Balaban J connectivity index is 2.28. The third-order valence-corrected chi connectivity index (χ3v) is 1.93. The fourth-order valence-electron chi connectivity index (χ4n) is 0.646. The number of anilines is 1. The van der Waals surface area contributed by atoms with Crippen LogP contribution in [-0.2, 0) is 4.79 Å². The molecule has 0 aliphatic rings. The number of aliphatic hydroxyl groups is 1. The fraction of sp³-hybridized carbons (Fsp3) is 0.333. The van der Waals surface area contributed by atoms with Gasteiger partial charge in [-0.1, -0.05) is 11.3 Å². The van der Waals surface area contributed by atoms with E-state index in [0.29, 0.717) is 0 Å². The summed E-state index contributed by atoms with van der Waals surface area (Å²) in [6.07, 6.45) is -1.62. The van der Waals surface area contributed by atoms with Crippen LogP contribution < -0.4 is 10.6 Å². The average molecular weight is 232 g/mol. The predicted molar refractivity (Wildman–Crippen MR) is 50.6 cm³/mol. The number of carboxylic acid groups (broad SMARTS) is 1. The zero-order valence-electron chi connectivity index (χ0n) is 7.38. The topological polar surface area (TPSA) is 124 Å². The number of nitrogens with zero attached hydrogens (tertiary/aromatic N) is 2. The zero-order chi connectivity index (χ0) is 11.3. The number of aliphatic hydroxyl groups excluding tert-OH is 1. The second kappa shape index (κ2) is 5.22. The van der Waals surface area contributed by atoms with Crippen molar-refractivity contribution < 1.29 is 19.8 Å². The first-order valence-electron chi connectivity index (χ1n) is 3.81. The van der Waals surface area contributed by atoms with Crippen molar-refractivity contribution in [2.24, 2.45) is 0 Å². The first kappa shape index (κ1) is 11.3. The van der Waals surface area contributed by atoms with Crippen LogP contribution in [0.3, 0.4) is 0 Å². The third kappa shape index (κ3) is 3.87. The summed E-state index contributed by atoms with van der Waals surface area (Å²) in [5.41, 5.74) is 1.43. The molecule has 0 aliphatic heterocycles. The molecule has 1 heterocycles. The molecular formula is C6H8N4O4S. The maximum absolute atomic E-state index is 11.1. The Morgan fingerprint density at radius 2 is 2.33 bits per heavy atom. The number of rotatable bonds is 4. The number of nitrogens with one attached hydrogen (secondary N) is 2. The molecule has 0 spiro atoms. The van der Waals surface area contributed by atoms with Crippen molar-refractivity contribution in [1.29, 1.82) is 0 Å². The zero-order valence-corrected chi connectivity index (χ0v) is 8.19. The van der Waals surface area contributed by atoms with E-state index in [1.165, 1.54) is 5.51 Å². The van der Waals surface area contributed by atoms with Gasteiger partial charge < -0.3 is 15.5 Å². The summed E-state index contributed by atoms with van der Waals surface area (Å²) < 4.78 is 0. The number of hydrogen-bond acceptors (Lipinski definition) is 6. The SMILES string of the molecule is O=C(NC[C@H](O)C(=O)O)Nc1nncs1. The minimum atomic E-state index is -1.62. The van der Waals surface area contributed by atoms with Gasteiger partial charge in [0.25, 0.3) is 0 Å². The van der Waals surface area contributed by atoms with Gasteiger partial charge in [0.05, 0.1) is 6.54 Å². The van der Waals surface area contributed by atoms with Gasteiger partial charge in [-0.15, -0.1) is 10.2 Å². The van der Waals surface area contributed by atoms with Crippen molar-refractivity contribution >= 4 is 28.5 Å². The Morgan fingerprint density at radius 3 is 2.87 bits per heavy atom. The van der Waals surface area contributed by atoms with E-state index in [-0.39, 0.29) is 11.7 Å².